The van der Waals surface area contributed by atoms with Crippen molar-refractivity contribution in [1.29, 1.82) is 0 Å². The van der Waals surface area contributed by atoms with Crippen molar-refractivity contribution >= 4 is 77.6 Å². The first-order chi connectivity index (χ1) is 31.0. The highest BCUT2D eigenvalue weighted by Gasteiger charge is 2.42. The van der Waals surface area contributed by atoms with Crippen molar-refractivity contribution in [2.75, 3.05) is 40.3 Å². The number of amides is 4. The molecule has 1 saturated heterocycles. The molecule has 1 aliphatic rings. The Hall–Kier alpha value is -6.01. The molecular weight excluding hydrogens is 847 g/mol. The summed E-state index contributed by atoms with van der Waals surface area (Å²) in [6, 6.07) is 22.5. The predicted octanol–water partition coefficient (Wildman–Crippen LogP) is 5.94. The standard InChI is InChI=1S/C48H61N9O7S/c1-7-29(31-23-35-33-15-11-13-17-39(33)55(9-3)43(35)37(25-31)45(50)58)19-20-52-47(60)41-28-54(21-22-57(41)65(62,63)53(5)6)48(61)64-42(49)27-30(8-2)32-24-36-34-16-12-14-18-40(34)56(10-4)44(36)38(26-32)46(51)59/h11-18,23-26,29-30,41-42H,7-10,19-22,27-28,49H2,1-6H3,(H2,50,58)(H2,51,59)(H,52,60). The second-order valence-electron chi connectivity index (χ2n) is 17.0. The lowest BCUT2D eigenvalue weighted by molar-refractivity contribution is -0.126. The van der Waals surface area contributed by atoms with Gasteiger partial charge in [-0.25, -0.2) is 4.79 Å². The second-order valence-corrected chi connectivity index (χ2v) is 19.1. The number of hydrogen-bond acceptors (Lipinski definition) is 8. The third kappa shape index (κ3) is 8.89. The van der Waals surface area contributed by atoms with E-state index in [0.29, 0.717) is 43.5 Å². The molecule has 0 saturated carbocycles. The smallest absolute Gasteiger partial charge is 0.411 e. The Morgan fingerprint density at radius 1 is 0.754 bits per heavy atom. The molecule has 4 aromatic carbocycles. The fraction of sp³-hybridized carbons (Fsp3) is 0.417. The van der Waals surface area contributed by atoms with E-state index in [1.807, 2.05) is 82.3 Å². The maximum absolute atomic E-state index is 14.0. The molecule has 0 radical (unpaired) electrons. The van der Waals surface area contributed by atoms with Crippen molar-refractivity contribution < 1.29 is 32.3 Å². The average molecular weight is 908 g/mol. The number of nitrogens with two attached hydrogens (primary N) is 3. The maximum Gasteiger partial charge on any atom is 0.411 e. The topological polar surface area (TPSA) is 221 Å². The van der Waals surface area contributed by atoms with Crippen LogP contribution in [-0.4, -0.2) is 107 Å². The zero-order chi connectivity index (χ0) is 46.9. The molecule has 65 heavy (non-hydrogen) atoms. The van der Waals surface area contributed by atoms with Gasteiger partial charge in [0.05, 0.1) is 22.2 Å². The monoisotopic (exact) mass is 907 g/mol. The van der Waals surface area contributed by atoms with Gasteiger partial charge in [0.25, 0.3) is 22.0 Å². The van der Waals surface area contributed by atoms with Crippen LogP contribution in [0.1, 0.15) is 97.1 Å². The van der Waals surface area contributed by atoms with E-state index < -0.39 is 46.3 Å². The lowest BCUT2D eigenvalue weighted by atomic mass is 9.89. The van der Waals surface area contributed by atoms with Gasteiger partial charge in [-0.3, -0.25) is 20.1 Å². The normalized spacial score (nSPS) is 16.4. The van der Waals surface area contributed by atoms with Crippen LogP contribution in [0.25, 0.3) is 43.6 Å². The van der Waals surface area contributed by atoms with Crippen molar-refractivity contribution in [3.63, 3.8) is 0 Å². The van der Waals surface area contributed by atoms with Crippen molar-refractivity contribution in [3.05, 3.63) is 95.1 Å². The number of nitrogens with one attached hydrogen (secondary N) is 1. The van der Waals surface area contributed by atoms with Crippen molar-refractivity contribution in [3.8, 4) is 0 Å². The Morgan fingerprint density at radius 3 is 1.74 bits per heavy atom. The zero-order valence-corrected chi connectivity index (χ0v) is 38.9. The fourth-order valence-electron chi connectivity index (χ4n) is 9.72. The summed E-state index contributed by atoms with van der Waals surface area (Å²) in [7, 11) is -1.29. The molecular formula is C48H61N9O7S. The molecule has 4 amide bonds. The highest BCUT2D eigenvalue weighted by atomic mass is 32.2. The zero-order valence-electron chi connectivity index (χ0n) is 38.0. The number of benzene rings is 4. The number of hydrogen-bond donors (Lipinski definition) is 4. The van der Waals surface area contributed by atoms with Crippen LogP contribution in [-0.2, 0) is 32.8 Å². The molecule has 0 spiro atoms. The van der Waals surface area contributed by atoms with Gasteiger partial charge in [-0.2, -0.15) is 17.0 Å². The third-order valence-electron chi connectivity index (χ3n) is 13.1. The highest BCUT2D eigenvalue weighted by Crippen LogP contribution is 2.38. The van der Waals surface area contributed by atoms with Crippen LogP contribution in [0.5, 0.6) is 0 Å². The Balaban J connectivity index is 1.06. The third-order valence-corrected chi connectivity index (χ3v) is 15.0. The largest absolute Gasteiger partial charge is 0.431 e. The molecule has 3 heterocycles. The molecule has 6 aromatic rings. The molecule has 16 nitrogen and oxygen atoms in total. The number of piperazine rings is 1. The minimum absolute atomic E-state index is 0.0310. The average Bonchev–Trinajstić information content (AvgIpc) is 3.80. The van der Waals surface area contributed by atoms with Crippen LogP contribution in [0.3, 0.4) is 0 Å². The van der Waals surface area contributed by atoms with Gasteiger partial charge in [0.15, 0.2) is 6.23 Å². The van der Waals surface area contributed by atoms with Gasteiger partial charge in [0.1, 0.15) is 6.04 Å². The van der Waals surface area contributed by atoms with Crippen LogP contribution in [0.2, 0.25) is 0 Å². The summed E-state index contributed by atoms with van der Waals surface area (Å²) in [6.45, 7) is 9.10. The first-order valence-corrected chi connectivity index (χ1v) is 23.8. The minimum Gasteiger partial charge on any atom is -0.431 e. The first kappa shape index (κ1) is 47.0. The molecule has 1 aliphatic heterocycles. The summed E-state index contributed by atoms with van der Waals surface area (Å²) >= 11 is 0. The highest BCUT2D eigenvalue weighted by molar-refractivity contribution is 7.86. The van der Waals surface area contributed by atoms with Crippen molar-refractivity contribution in [2.24, 2.45) is 17.2 Å². The molecule has 2 aromatic heterocycles. The number of carbonyl (C=O) groups excluding carboxylic acids is 4. The molecule has 0 bridgehead atoms. The lowest BCUT2D eigenvalue weighted by Crippen LogP contribution is -2.63. The van der Waals surface area contributed by atoms with Crippen LogP contribution in [0.15, 0.2) is 72.8 Å². The SMILES string of the molecule is CCC(CCNC(=O)C1CN(C(=O)OC(N)CC(CC)c2cc(C(N)=O)c3c(c2)c2ccccc2n3CC)CCN1S(=O)(=O)N(C)C)c1cc(C(N)=O)c2c(c1)c1ccccc1n2CC. The molecule has 346 valence electrons. The summed E-state index contributed by atoms with van der Waals surface area (Å²) in [5.41, 5.74) is 24.5. The molecule has 7 rings (SSSR count). The van der Waals surface area contributed by atoms with Gasteiger partial charge < -0.3 is 35.6 Å². The van der Waals surface area contributed by atoms with Crippen LogP contribution in [0.4, 0.5) is 4.79 Å². The number of fused-ring (bicyclic) bond motifs is 6. The second kappa shape index (κ2) is 19.2. The fourth-order valence-corrected chi connectivity index (χ4v) is 10.9. The summed E-state index contributed by atoms with van der Waals surface area (Å²) in [6.07, 6.45) is 0.186. The van der Waals surface area contributed by atoms with E-state index in [1.54, 1.807) is 6.07 Å². The van der Waals surface area contributed by atoms with Crippen molar-refractivity contribution in [2.45, 2.75) is 90.6 Å². The van der Waals surface area contributed by atoms with E-state index in [4.69, 9.17) is 21.9 Å². The number of aromatic nitrogens is 2. The number of ether oxygens (including phenoxy) is 1. The van der Waals surface area contributed by atoms with Gasteiger partial charge in [-0.15, -0.1) is 0 Å². The number of para-hydroxylation sites is 2. The molecule has 17 heteroatoms. The molecule has 7 N–H and O–H groups in total. The van der Waals surface area contributed by atoms with Gasteiger partial charge in [-0.05, 0) is 92.5 Å². The lowest BCUT2D eigenvalue weighted by Gasteiger charge is -2.40. The summed E-state index contributed by atoms with van der Waals surface area (Å²) in [5.74, 6) is -1.93. The molecule has 4 atom stereocenters. The number of carbonyl (C=O) groups is 4. The molecule has 1 fully saturated rings. The van der Waals surface area contributed by atoms with E-state index in [2.05, 4.69) is 26.6 Å². The van der Waals surface area contributed by atoms with Gasteiger partial charge in [0, 0.05) is 92.4 Å². The Labute approximate surface area is 379 Å². The Bertz CT molecular complexity index is 2910. The quantitative estimate of drug-likeness (QED) is 0.0801. The van der Waals surface area contributed by atoms with Gasteiger partial charge >= 0.3 is 6.09 Å². The number of primary amides is 2. The van der Waals surface area contributed by atoms with Crippen LogP contribution in [0, 0.1) is 0 Å². The number of aryl methyl sites for hydroxylation is 2. The van der Waals surface area contributed by atoms with E-state index >= 15 is 0 Å². The Morgan fingerprint density at radius 2 is 1.26 bits per heavy atom. The van der Waals surface area contributed by atoms with Crippen LogP contribution >= 0.6 is 0 Å². The van der Waals surface area contributed by atoms with E-state index in [1.165, 1.54) is 19.0 Å². The minimum atomic E-state index is -4.07. The van der Waals surface area contributed by atoms with E-state index in [9.17, 15) is 27.6 Å². The maximum atomic E-state index is 14.0. The van der Waals surface area contributed by atoms with Gasteiger partial charge in [-0.1, -0.05) is 50.2 Å². The number of rotatable bonds is 17. The molecule has 0 aliphatic carbocycles. The van der Waals surface area contributed by atoms with Gasteiger partial charge in [0.2, 0.25) is 5.91 Å². The summed E-state index contributed by atoms with van der Waals surface area (Å²) < 4.78 is 39.2. The van der Waals surface area contributed by atoms with E-state index in [-0.39, 0.29) is 44.4 Å². The number of nitrogens with zero attached hydrogens (tertiary/aromatic N) is 5. The molecule has 4 unspecified atom stereocenters. The summed E-state index contributed by atoms with van der Waals surface area (Å²) in [5, 5.41) is 6.77. The predicted molar refractivity (Wildman–Crippen MR) is 255 cm³/mol. The van der Waals surface area contributed by atoms with Crippen molar-refractivity contribution in [1.82, 2.24) is 28.0 Å². The summed E-state index contributed by atoms with van der Waals surface area (Å²) in [4.78, 5) is 54.8. The Kier molecular flexibility index (Phi) is 13.9. The van der Waals surface area contributed by atoms with E-state index in [0.717, 1.165) is 63.3 Å². The first-order valence-electron chi connectivity index (χ1n) is 22.4. The van der Waals surface area contributed by atoms with Crippen LogP contribution < -0.4 is 22.5 Å².